The number of benzene rings is 3. The first-order valence-corrected chi connectivity index (χ1v) is 12.6. The summed E-state index contributed by atoms with van der Waals surface area (Å²) in [5.41, 5.74) is 4.16. The summed E-state index contributed by atoms with van der Waals surface area (Å²) in [7, 11) is 2.18. The van der Waals surface area contributed by atoms with Crippen LogP contribution >= 0.6 is 0 Å². The molecule has 0 unspecified atom stereocenters. The number of piperazine rings is 1. The third-order valence-corrected chi connectivity index (χ3v) is 6.58. The minimum Gasteiger partial charge on any atom is -0.489 e. The van der Waals surface area contributed by atoms with Crippen molar-refractivity contribution in [3.8, 4) is 5.75 Å². The van der Waals surface area contributed by atoms with Gasteiger partial charge in [-0.15, -0.1) is 0 Å². The Morgan fingerprint density at radius 1 is 1.00 bits per heavy atom. The Morgan fingerprint density at radius 3 is 2.53 bits per heavy atom. The molecule has 3 aromatic carbocycles. The van der Waals surface area contributed by atoms with E-state index in [1.54, 1.807) is 17.6 Å². The van der Waals surface area contributed by atoms with Gasteiger partial charge in [-0.25, -0.2) is 5.48 Å². The topological polar surface area (TPSA) is 77.1 Å². The standard InChI is InChI=1S/C29H36N4O3/c1-32-16-18-33(19-17-32)15-5-14-30-21-24(20-23-10-12-26(13-11-23)29(34)31-35)22-36-28-9-4-7-25-6-2-3-8-27(25)28/h2-4,6-13,20,30,35H,5,14-19,21-22H2,1H3,(H,31,34)/b24-20-. The first kappa shape index (κ1) is 25.9. The average Bonchev–Trinajstić information content (AvgIpc) is 2.92. The third kappa shape index (κ3) is 7.38. The van der Waals surface area contributed by atoms with Crippen LogP contribution in [0.4, 0.5) is 0 Å². The summed E-state index contributed by atoms with van der Waals surface area (Å²) in [6, 6.07) is 21.5. The molecule has 0 aliphatic carbocycles. The Hall–Kier alpha value is -3.23. The molecule has 0 radical (unpaired) electrons. The lowest BCUT2D eigenvalue weighted by molar-refractivity contribution is 0.0706. The van der Waals surface area contributed by atoms with Gasteiger partial charge in [0.25, 0.3) is 5.91 Å². The van der Waals surface area contributed by atoms with Crippen LogP contribution in [-0.4, -0.2) is 80.4 Å². The lowest BCUT2D eigenvalue weighted by atomic mass is 10.1. The highest BCUT2D eigenvalue weighted by Gasteiger charge is 2.13. The van der Waals surface area contributed by atoms with Gasteiger partial charge in [0.15, 0.2) is 0 Å². The van der Waals surface area contributed by atoms with Gasteiger partial charge >= 0.3 is 0 Å². The van der Waals surface area contributed by atoms with E-state index in [0.29, 0.717) is 18.7 Å². The van der Waals surface area contributed by atoms with Gasteiger partial charge in [-0.05, 0) is 61.3 Å². The molecule has 1 aliphatic heterocycles. The molecule has 7 nitrogen and oxygen atoms in total. The summed E-state index contributed by atoms with van der Waals surface area (Å²) >= 11 is 0. The van der Waals surface area contributed by atoms with Gasteiger partial charge in [-0.3, -0.25) is 10.0 Å². The molecule has 0 bridgehead atoms. The average molecular weight is 489 g/mol. The SMILES string of the molecule is CN1CCN(CCCNC/C(=C/c2ccc(C(=O)NO)cc2)COc2cccc3ccccc23)CC1. The zero-order valence-corrected chi connectivity index (χ0v) is 21.0. The number of carbonyl (C=O) groups is 1. The molecular formula is C29H36N4O3. The number of amides is 1. The number of likely N-dealkylation sites (N-methyl/N-ethyl adjacent to an activating group) is 1. The van der Waals surface area contributed by atoms with Crippen LogP contribution in [0.2, 0.25) is 0 Å². The van der Waals surface area contributed by atoms with Crippen LogP contribution in [0.3, 0.4) is 0 Å². The lowest BCUT2D eigenvalue weighted by Gasteiger charge is -2.32. The van der Waals surface area contributed by atoms with Crippen LogP contribution in [0, 0.1) is 0 Å². The van der Waals surface area contributed by atoms with Crippen molar-refractivity contribution in [3.63, 3.8) is 0 Å². The quantitative estimate of drug-likeness (QED) is 0.217. The Balaban J connectivity index is 1.38. The van der Waals surface area contributed by atoms with Gasteiger partial charge < -0.3 is 19.9 Å². The first-order chi connectivity index (χ1) is 17.6. The van der Waals surface area contributed by atoms with Crippen LogP contribution in [0.25, 0.3) is 16.8 Å². The molecule has 0 aromatic heterocycles. The summed E-state index contributed by atoms with van der Waals surface area (Å²) in [5.74, 6) is 0.344. The molecule has 7 heteroatoms. The lowest BCUT2D eigenvalue weighted by Crippen LogP contribution is -2.45. The van der Waals surface area contributed by atoms with E-state index in [0.717, 1.165) is 73.3 Å². The van der Waals surface area contributed by atoms with Gasteiger partial charge in [0.05, 0.1) is 0 Å². The second-order valence-corrected chi connectivity index (χ2v) is 9.31. The summed E-state index contributed by atoms with van der Waals surface area (Å²) in [4.78, 5) is 16.5. The zero-order chi connectivity index (χ0) is 25.2. The maximum absolute atomic E-state index is 11.6. The van der Waals surface area contributed by atoms with Crippen molar-refractivity contribution in [3.05, 3.63) is 83.4 Å². The molecular weight excluding hydrogens is 452 g/mol. The van der Waals surface area contributed by atoms with E-state index in [1.165, 1.54) is 0 Å². The maximum Gasteiger partial charge on any atom is 0.274 e. The second kappa shape index (κ2) is 13.2. The van der Waals surface area contributed by atoms with Gasteiger partial charge in [0.2, 0.25) is 0 Å². The monoisotopic (exact) mass is 488 g/mol. The van der Waals surface area contributed by atoms with Gasteiger partial charge in [0, 0.05) is 43.7 Å². The smallest absolute Gasteiger partial charge is 0.274 e. The highest BCUT2D eigenvalue weighted by atomic mass is 16.5. The van der Waals surface area contributed by atoms with Crippen LogP contribution in [0.15, 0.2) is 72.3 Å². The summed E-state index contributed by atoms with van der Waals surface area (Å²) in [6.45, 7) is 7.80. The van der Waals surface area contributed by atoms with E-state index in [4.69, 9.17) is 9.94 Å². The molecule has 36 heavy (non-hydrogen) atoms. The Kier molecular flexibility index (Phi) is 9.47. The van der Waals surface area contributed by atoms with Crippen LogP contribution in [0.1, 0.15) is 22.3 Å². The molecule has 3 aromatic rings. The first-order valence-electron chi connectivity index (χ1n) is 12.6. The largest absolute Gasteiger partial charge is 0.489 e. The third-order valence-electron chi connectivity index (χ3n) is 6.58. The van der Waals surface area contributed by atoms with Gasteiger partial charge in [-0.2, -0.15) is 0 Å². The highest BCUT2D eigenvalue weighted by Crippen LogP contribution is 2.25. The zero-order valence-electron chi connectivity index (χ0n) is 21.0. The Morgan fingerprint density at radius 2 is 1.75 bits per heavy atom. The number of nitrogens with one attached hydrogen (secondary N) is 2. The van der Waals surface area contributed by atoms with Crippen molar-refractivity contribution in [2.24, 2.45) is 0 Å². The fourth-order valence-electron chi connectivity index (χ4n) is 4.41. The molecule has 4 rings (SSSR count). The minimum atomic E-state index is -0.521. The van der Waals surface area contributed by atoms with Crippen molar-refractivity contribution < 1.29 is 14.7 Å². The number of hydroxylamine groups is 1. The molecule has 1 heterocycles. The van der Waals surface area contributed by atoms with Crippen LogP contribution in [-0.2, 0) is 0 Å². The van der Waals surface area contributed by atoms with E-state index < -0.39 is 5.91 Å². The molecule has 0 spiro atoms. The molecule has 1 aliphatic rings. The molecule has 0 saturated carbocycles. The number of hydrogen-bond donors (Lipinski definition) is 3. The summed E-state index contributed by atoms with van der Waals surface area (Å²) < 4.78 is 6.28. The number of ether oxygens (including phenoxy) is 1. The van der Waals surface area contributed by atoms with Gasteiger partial charge in [-0.1, -0.05) is 54.6 Å². The summed E-state index contributed by atoms with van der Waals surface area (Å²) in [6.07, 6.45) is 3.20. The van der Waals surface area contributed by atoms with E-state index >= 15 is 0 Å². The number of hydrogen-bond acceptors (Lipinski definition) is 6. The minimum absolute atomic E-state index is 0.408. The molecule has 1 amide bonds. The maximum atomic E-state index is 11.6. The van der Waals surface area contributed by atoms with Crippen LogP contribution < -0.4 is 15.5 Å². The number of fused-ring (bicyclic) bond motifs is 1. The molecule has 3 N–H and O–H groups in total. The fourth-order valence-corrected chi connectivity index (χ4v) is 4.41. The number of nitrogens with zero attached hydrogens (tertiary/aromatic N) is 2. The molecule has 1 fully saturated rings. The van der Waals surface area contributed by atoms with E-state index in [9.17, 15) is 4.79 Å². The fraction of sp³-hybridized carbons (Fsp3) is 0.345. The molecule has 1 saturated heterocycles. The van der Waals surface area contributed by atoms with Crippen molar-refractivity contribution in [2.45, 2.75) is 6.42 Å². The Labute approximate surface area is 213 Å². The normalized spacial score (nSPS) is 15.2. The number of carbonyl (C=O) groups excluding carboxylic acids is 1. The highest BCUT2D eigenvalue weighted by molar-refractivity contribution is 5.93. The van der Waals surface area contributed by atoms with Crippen molar-refractivity contribution >= 4 is 22.8 Å². The van der Waals surface area contributed by atoms with E-state index in [2.05, 4.69) is 46.4 Å². The van der Waals surface area contributed by atoms with E-state index in [-0.39, 0.29) is 0 Å². The predicted molar refractivity (Wildman–Crippen MR) is 145 cm³/mol. The van der Waals surface area contributed by atoms with Crippen LogP contribution in [0.5, 0.6) is 5.75 Å². The van der Waals surface area contributed by atoms with Gasteiger partial charge in [0.1, 0.15) is 12.4 Å². The molecule has 0 atom stereocenters. The van der Waals surface area contributed by atoms with Crippen molar-refractivity contribution in [1.29, 1.82) is 0 Å². The number of rotatable bonds is 11. The molecule has 190 valence electrons. The second-order valence-electron chi connectivity index (χ2n) is 9.31. The summed E-state index contributed by atoms with van der Waals surface area (Å²) in [5, 5.41) is 14.7. The van der Waals surface area contributed by atoms with Crippen molar-refractivity contribution in [1.82, 2.24) is 20.6 Å². The van der Waals surface area contributed by atoms with E-state index in [1.807, 2.05) is 36.4 Å². The van der Waals surface area contributed by atoms with Crippen molar-refractivity contribution in [2.75, 3.05) is 59.5 Å². The Bertz CT molecular complexity index is 1150. The predicted octanol–water partition coefficient (Wildman–Crippen LogP) is 3.65.